The van der Waals surface area contributed by atoms with Crippen LogP contribution in [0.1, 0.15) is 26.4 Å². The van der Waals surface area contributed by atoms with E-state index in [1.54, 1.807) is 18.3 Å². The van der Waals surface area contributed by atoms with Crippen molar-refractivity contribution in [2.75, 3.05) is 7.05 Å². The van der Waals surface area contributed by atoms with Crippen LogP contribution in [0.15, 0.2) is 34.9 Å². The summed E-state index contributed by atoms with van der Waals surface area (Å²) in [6.07, 6.45) is 3.50. The molecule has 24 heavy (non-hydrogen) atoms. The number of rotatable bonds is 1. The zero-order valence-electron chi connectivity index (χ0n) is 19.8. The predicted octanol–water partition coefficient (Wildman–Crippen LogP) is 0.561. The van der Waals surface area contributed by atoms with E-state index >= 15 is 0 Å². The standard InChI is InChI=1S/C19H21BN3O/c1-12-6-9-17(22(4)10-12)20-14(3)18-15-8-7-13(2)21-19(15)24-16(18)11-23(20)5/h6-11H,1-5H3/q+1/i1D3,2D3. The number of pyridine rings is 2. The normalized spacial score (nSPS) is 18.9. The van der Waals surface area contributed by atoms with E-state index in [2.05, 4.69) is 4.98 Å². The molecule has 0 bridgehead atoms. The zero-order valence-corrected chi connectivity index (χ0v) is 13.8. The molecule has 5 heteroatoms. The van der Waals surface area contributed by atoms with Gasteiger partial charge in [-0.2, -0.15) is 0 Å². The van der Waals surface area contributed by atoms with Gasteiger partial charge in [0.05, 0.1) is 0 Å². The molecule has 0 unspecified atom stereocenters. The van der Waals surface area contributed by atoms with Crippen molar-refractivity contribution in [3.8, 4) is 0 Å². The average molecular weight is 324 g/mol. The molecule has 0 fully saturated rings. The minimum Gasteiger partial charge on any atom is -0.436 e. The Kier molecular flexibility index (Phi) is 2.11. The number of furan rings is 1. The predicted molar refractivity (Wildman–Crippen MR) is 97.0 cm³/mol. The molecule has 4 nitrogen and oxygen atoms in total. The number of aryl methyl sites for hydroxylation is 3. The first-order chi connectivity index (χ1) is 13.9. The summed E-state index contributed by atoms with van der Waals surface area (Å²) in [5.41, 5.74) is 3.12. The molecule has 120 valence electrons. The molecule has 0 aliphatic carbocycles. The highest BCUT2D eigenvalue weighted by molar-refractivity contribution is 6.85. The van der Waals surface area contributed by atoms with Crippen molar-refractivity contribution >= 4 is 35.2 Å². The third-order valence-corrected chi connectivity index (χ3v) is 4.57. The maximum Gasteiger partial charge on any atom is 0.399 e. The molecule has 0 saturated carbocycles. The molecule has 1 aliphatic heterocycles. The summed E-state index contributed by atoms with van der Waals surface area (Å²) in [6.45, 7) is -2.62. The van der Waals surface area contributed by atoms with Crippen LogP contribution in [-0.2, 0) is 7.05 Å². The number of aromatic nitrogens is 2. The minimum atomic E-state index is -2.30. The summed E-state index contributed by atoms with van der Waals surface area (Å²) in [7, 11) is 3.75. The van der Waals surface area contributed by atoms with Crippen molar-refractivity contribution in [1.82, 2.24) is 9.79 Å². The molecule has 0 radical (unpaired) electrons. The SMILES string of the molecule is [2H]C([2H])([2H])c1ccc(B2C(C)=c3c(oc4nc(C([2H])([2H])[2H])ccc34)=CN2C)[n+](C)c1. The van der Waals surface area contributed by atoms with Crippen LogP contribution < -0.4 is 20.8 Å². The van der Waals surface area contributed by atoms with Gasteiger partial charge in [-0.25, -0.2) is 9.55 Å². The zero-order chi connectivity index (χ0) is 22.0. The number of hydrogen-bond acceptors (Lipinski definition) is 3. The van der Waals surface area contributed by atoms with Crippen molar-refractivity contribution < 1.29 is 17.2 Å². The van der Waals surface area contributed by atoms with Crippen LogP contribution in [-0.4, -0.2) is 23.7 Å². The largest absolute Gasteiger partial charge is 0.436 e. The fourth-order valence-electron chi connectivity index (χ4n) is 3.53. The van der Waals surface area contributed by atoms with E-state index in [1.165, 1.54) is 6.07 Å². The molecule has 4 heterocycles. The molecule has 0 saturated heterocycles. The highest BCUT2D eigenvalue weighted by atomic mass is 16.3. The molecule has 1 aliphatic rings. The van der Waals surface area contributed by atoms with Gasteiger partial charge < -0.3 is 9.23 Å². The van der Waals surface area contributed by atoms with Gasteiger partial charge in [0.25, 0.3) is 0 Å². The monoisotopic (exact) mass is 324 g/mol. The van der Waals surface area contributed by atoms with E-state index in [-0.39, 0.29) is 18.1 Å². The second kappa shape index (κ2) is 5.23. The van der Waals surface area contributed by atoms with Crippen LogP contribution in [0.2, 0.25) is 0 Å². The highest BCUT2D eigenvalue weighted by Gasteiger charge is 2.35. The Morgan fingerprint density at radius 3 is 2.88 bits per heavy atom. The molecule has 3 aromatic heterocycles. The Balaban J connectivity index is 1.91. The van der Waals surface area contributed by atoms with Crippen LogP contribution in [0.25, 0.3) is 22.8 Å². The molecular formula is C19H21BN3O+. The third-order valence-electron chi connectivity index (χ3n) is 4.57. The van der Waals surface area contributed by atoms with Crippen LogP contribution >= 0.6 is 0 Å². The second-order valence-corrected chi connectivity index (χ2v) is 6.22. The first kappa shape index (κ1) is 9.67. The van der Waals surface area contributed by atoms with E-state index in [9.17, 15) is 0 Å². The number of fused-ring (bicyclic) bond motifs is 3. The second-order valence-electron chi connectivity index (χ2n) is 6.22. The summed E-state index contributed by atoms with van der Waals surface area (Å²) in [6, 6.07) is 6.72. The molecule has 0 aromatic carbocycles. The van der Waals surface area contributed by atoms with Gasteiger partial charge >= 0.3 is 6.85 Å². The molecular weight excluding hydrogens is 297 g/mol. The smallest absolute Gasteiger partial charge is 0.399 e. The molecule has 0 amide bonds. The van der Waals surface area contributed by atoms with Gasteiger partial charge in [-0.3, -0.25) is 0 Å². The van der Waals surface area contributed by atoms with Crippen LogP contribution in [0, 0.1) is 13.7 Å². The molecule has 4 rings (SSSR count). The van der Waals surface area contributed by atoms with Crippen LogP contribution in [0.4, 0.5) is 0 Å². The molecule has 0 spiro atoms. The van der Waals surface area contributed by atoms with Crippen LogP contribution in [0.3, 0.4) is 0 Å². The topological polar surface area (TPSA) is 33.2 Å². The molecule has 0 N–H and O–H groups in total. The lowest BCUT2D eigenvalue weighted by Gasteiger charge is -2.24. The fourth-order valence-corrected chi connectivity index (χ4v) is 3.53. The van der Waals surface area contributed by atoms with Crippen molar-refractivity contribution in [1.29, 1.82) is 0 Å². The van der Waals surface area contributed by atoms with Gasteiger partial charge in [0, 0.05) is 36.3 Å². The number of hydrogen-bond donors (Lipinski definition) is 0. The van der Waals surface area contributed by atoms with Gasteiger partial charge in [0.15, 0.2) is 17.2 Å². The third kappa shape index (κ3) is 2.15. The Bertz CT molecular complexity index is 1280. The van der Waals surface area contributed by atoms with Crippen molar-refractivity contribution in [2.24, 2.45) is 7.05 Å². The lowest BCUT2D eigenvalue weighted by atomic mass is 9.50. The van der Waals surface area contributed by atoms with Gasteiger partial charge in [0.1, 0.15) is 7.05 Å². The summed E-state index contributed by atoms with van der Waals surface area (Å²) >= 11 is 0. The summed E-state index contributed by atoms with van der Waals surface area (Å²) in [5.74, 6) is 0. The van der Waals surface area contributed by atoms with Crippen molar-refractivity contribution in [2.45, 2.75) is 20.6 Å². The van der Waals surface area contributed by atoms with E-state index < -0.39 is 13.7 Å². The van der Waals surface area contributed by atoms with Crippen molar-refractivity contribution in [3.63, 3.8) is 0 Å². The van der Waals surface area contributed by atoms with Gasteiger partial charge in [-0.15, -0.1) is 0 Å². The van der Waals surface area contributed by atoms with E-state index in [1.807, 2.05) is 42.7 Å². The lowest BCUT2D eigenvalue weighted by Crippen LogP contribution is -2.62. The molecule has 3 aromatic rings. The van der Waals surface area contributed by atoms with Gasteiger partial charge in [-0.05, 0) is 51.9 Å². The number of nitrogens with zero attached hydrogens (tertiary/aromatic N) is 3. The fraction of sp³-hybridized carbons (Fsp3) is 0.263. The van der Waals surface area contributed by atoms with Gasteiger partial charge in [-0.1, -0.05) is 5.47 Å². The lowest BCUT2D eigenvalue weighted by molar-refractivity contribution is -0.654. The van der Waals surface area contributed by atoms with Crippen molar-refractivity contribution in [3.05, 3.63) is 52.4 Å². The average Bonchev–Trinajstić information content (AvgIpc) is 2.98. The molecule has 0 atom stereocenters. The van der Waals surface area contributed by atoms with E-state index in [0.29, 0.717) is 11.1 Å². The first-order valence-corrected chi connectivity index (χ1v) is 7.72. The van der Waals surface area contributed by atoms with E-state index in [0.717, 1.165) is 21.7 Å². The first-order valence-electron chi connectivity index (χ1n) is 10.7. The van der Waals surface area contributed by atoms with Gasteiger partial charge in [0.2, 0.25) is 5.71 Å². The summed E-state index contributed by atoms with van der Waals surface area (Å²) < 4.78 is 53.3. The Morgan fingerprint density at radius 2 is 2.12 bits per heavy atom. The Labute approximate surface area is 150 Å². The Hall–Kier alpha value is -2.56. The quantitative estimate of drug-likeness (QED) is 0.484. The Morgan fingerprint density at radius 1 is 1.25 bits per heavy atom. The maximum absolute atomic E-state index is 7.63. The summed E-state index contributed by atoms with van der Waals surface area (Å²) in [4.78, 5) is 6.21. The summed E-state index contributed by atoms with van der Waals surface area (Å²) in [5, 5.41) is 1.64. The van der Waals surface area contributed by atoms with Crippen LogP contribution in [0.5, 0.6) is 0 Å². The highest BCUT2D eigenvalue weighted by Crippen LogP contribution is 2.13. The maximum atomic E-state index is 7.63. The van der Waals surface area contributed by atoms with E-state index in [4.69, 9.17) is 12.6 Å². The minimum absolute atomic E-state index is 0.00434.